The van der Waals surface area contributed by atoms with E-state index in [1.165, 1.54) is 11.3 Å². The number of nitrogens with zero attached hydrogens (tertiary/aromatic N) is 1. The lowest BCUT2D eigenvalue weighted by Gasteiger charge is -2.08. The number of sulfonamides is 1. The molecule has 0 saturated carbocycles. The summed E-state index contributed by atoms with van der Waals surface area (Å²) in [5, 5.41) is 0.849. The smallest absolute Gasteiger partial charge is 0.240 e. The Morgan fingerprint density at radius 1 is 1.52 bits per heavy atom. The van der Waals surface area contributed by atoms with Gasteiger partial charge >= 0.3 is 0 Å². The Labute approximate surface area is 131 Å². The van der Waals surface area contributed by atoms with E-state index >= 15 is 0 Å². The average Bonchev–Trinajstić information content (AvgIpc) is 2.82. The van der Waals surface area contributed by atoms with Crippen molar-refractivity contribution < 1.29 is 12.8 Å². The zero-order valence-corrected chi connectivity index (χ0v) is 13.4. The van der Waals surface area contributed by atoms with E-state index in [-0.39, 0.29) is 22.0 Å². The molecule has 0 amide bonds. The minimum absolute atomic E-state index is 0.0899. The number of rotatable bonds is 5. The van der Waals surface area contributed by atoms with Crippen LogP contribution >= 0.6 is 23.6 Å². The fourth-order valence-electron chi connectivity index (χ4n) is 1.60. The molecule has 0 bridgehead atoms. The quantitative estimate of drug-likeness (QED) is 0.806. The van der Waals surface area contributed by atoms with Crippen LogP contribution in [-0.4, -0.2) is 18.4 Å². The Hall–Kier alpha value is -1.42. The SMILES string of the molecule is Cc1ncc(CNS(=O)(=O)c2ccc(F)c(C(N)=S)c2)s1. The van der Waals surface area contributed by atoms with Crippen molar-refractivity contribution in [1.82, 2.24) is 9.71 Å². The van der Waals surface area contributed by atoms with E-state index in [2.05, 4.69) is 9.71 Å². The van der Waals surface area contributed by atoms with Gasteiger partial charge in [-0.05, 0) is 25.1 Å². The van der Waals surface area contributed by atoms with Crippen molar-refractivity contribution in [2.45, 2.75) is 18.4 Å². The third kappa shape index (κ3) is 3.82. The van der Waals surface area contributed by atoms with E-state index in [9.17, 15) is 12.8 Å². The predicted octanol–water partition coefficient (Wildman–Crippen LogP) is 1.70. The first kappa shape index (κ1) is 16.0. The normalized spacial score (nSPS) is 11.5. The van der Waals surface area contributed by atoms with Crippen molar-refractivity contribution in [3.63, 3.8) is 0 Å². The Balaban J connectivity index is 2.23. The van der Waals surface area contributed by atoms with E-state index in [1.807, 2.05) is 6.92 Å². The van der Waals surface area contributed by atoms with E-state index in [0.29, 0.717) is 0 Å². The lowest BCUT2D eigenvalue weighted by atomic mass is 10.2. The van der Waals surface area contributed by atoms with Gasteiger partial charge in [0.15, 0.2) is 0 Å². The topological polar surface area (TPSA) is 85.1 Å². The van der Waals surface area contributed by atoms with Crippen LogP contribution in [0.5, 0.6) is 0 Å². The van der Waals surface area contributed by atoms with Gasteiger partial charge in [0, 0.05) is 23.2 Å². The molecule has 0 spiro atoms. The molecule has 1 heterocycles. The molecular formula is C12H12FN3O2S3. The van der Waals surface area contributed by atoms with Crippen LogP contribution in [-0.2, 0) is 16.6 Å². The molecule has 9 heteroatoms. The monoisotopic (exact) mass is 345 g/mol. The van der Waals surface area contributed by atoms with E-state index < -0.39 is 15.8 Å². The van der Waals surface area contributed by atoms with Gasteiger partial charge < -0.3 is 5.73 Å². The van der Waals surface area contributed by atoms with E-state index in [4.69, 9.17) is 18.0 Å². The number of hydrogen-bond donors (Lipinski definition) is 2. The maximum absolute atomic E-state index is 13.5. The van der Waals surface area contributed by atoms with Crippen LogP contribution in [0, 0.1) is 12.7 Å². The molecule has 0 aliphatic heterocycles. The highest BCUT2D eigenvalue weighted by molar-refractivity contribution is 7.89. The number of benzene rings is 1. The standard InChI is InChI=1S/C12H12FN3O2S3/c1-7-15-5-8(20-7)6-16-21(17,18)9-2-3-11(13)10(4-9)12(14)19/h2-5,16H,6H2,1H3,(H2,14,19). The molecule has 0 aliphatic rings. The number of hydrogen-bond acceptors (Lipinski definition) is 5. The molecule has 0 saturated heterocycles. The van der Waals surface area contributed by atoms with Crippen molar-refractivity contribution in [2.24, 2.45) is 5.73 Å². The number of thiazole rings is 1. The summed E-state index contributed by atoms with van der Waals surface area (Å²) < 4.78 is 40.2. The summed E-state index contributed by atoms with van der Waals surface area (Å²) in [4.78, 5) is 4.54. The largest absolute Gasteiger partial charge is 0.389 e. The van der Waals surface area contributed by atoms with Gasteiger partial charge in [-0.3, -0.25) is 0 Å². The van der Waals surface area contributed by atoms with Gasteiger partial charge in [0.25, 0.3) is 0 Å². The summed E-state index contributed by atoms with van der Waals surface area (Å²) >= 11 is 6.09. The zero-order chi connectivity index (χ0) is 15.6. The van der Waals surface area contributed by atoms with Crippen molar-refractivity contribution in [2.75, 3.05) is 0 Å². The lowest BCUT2D eigenvalue weighted by Crippen LogP contribution is -2.23. The van der Waals surface area contributed by atoms with Crippen LogP contribution in [0.2, 0.25) is 0 Å². The fourth-order valence-corrected chi connectivity index (χ4v) is 3.61. The fraction of sp³-hybridized carbons (Fsp3) is 0.167. The number of aryl methyl sites for hydroxylation is 1. The van der Waals surface area contributed by atoms with Crippen molar-refractivity contribution in [3.05, 3.63) is 45.7 Å². The third-order valence-corrected chi connectivity index (χ3v) is 5.15. The maximum Gasteiger partial charge on any atom is 0.240 e. The predicted molar refractivity (Wildman–Crippen MR) is 83.2 cm³/mol. The molecule has 0 fully saturated rings. The van der Waals surface area contributed by atoms with Crippen molar-refractivity contribution in [3.8, 4) is 0 Å². The minimum Gasteiger partial charge on any atom is -0.389 e. The number of thiocarbonyl (C=S) groups is 1. The van der Waals surface area contributed by atoms with Gasteiger partial charge in [0.05, 0.1) is 9.90 Å². The molecular weight excluding hydrogens is 333 g/mol. The highest BCUT2D eigenvalue weighted by Gasteiger charge is 2.17. The molecule has 0 unspecified atom stereocenters. The van der Waals surface area contributed by atoms with Gasteiger partial charge in [0.1, 0.15) is 10.8 Å². The summed E-state index contributed by atoms with van der Waals surface area (Å²) in [6.07, 6.45) is 1.60. The van der Waals surface area contributed by atoms with Crippen LogP contribution in [0.4, 0.5) is 4.39 Å². The van der Waals surface area contributed by atoms with Crippen LogP contribution < -0.4 is 10.5 Å². The summed E-state index contributed by atoms with van der Waals surface area (Å²) in [6, 6.07) is 3.31. The van der Waals surface area contributed by atoms with Crippen LogP contribution in [0.15, 0.2) is 29.3 Å². The van der Waals surface area contributed by atoms with Gasteiger partial charge in [0.2, 0.25) is 10.0 Å². The minimum atomic E-state index is -3.77. The first-order chi connectivity index (χ1) is 9.79. The molecule has 0 radical (unpaired) electrons. The maximum atomic E-state index is 13.5. The van der Waals surface area contributed by atoms with Crippen LogP contribution in [0.3, 0.4) is 0 Å². The van der Waals surface area contributed by atoms with Crippen LogP contribution in [0.25, 0.3) is 0 Å². The molecule has 2 rings (SSSR count). The first-order valence-electron chi connectivity index (χ1n) is 5.80. The molecule has 1 aromatic heterocycles. The Bertz CT molecular complexity index is 787. The second-order valence-corrected chi connectivity index (χ2v) is 7.70. The number of aromatic nitrogens is 1. The molecule has 0 aliphatic carbocycles. The second-order valence-electron chi connectivity index (χ2n) is 4.18. The molecule has 3 N–H and O–H groups in total. The summed E-state index contributed by atoms with van der Waals surface area (Å²) in [5.41, 5.74) is 5.27. The summed E-state index contributed by atoms with van der Waals surface area (Å²) in [7, 11) is -3.77. The Morgan fingerprint density at radius 2 is 2.24 bits per heavy atom. The number of nitrogens with two attached hydrogens (primary N) is 1. The number of nitrogens with one attached hydrogen (secondary N) is 1. The molecule has 2 aromatic rings. The van der Waals surface area contributed by atoms with Crippen molar-refractivity contribution >= 4 is 38.6 Å². The molecule has 1 aromatic carbocycles. The highest BCUT2D eigenvalue weighted by Crippen LogP contribution is 2.17. The Morgan fingerprint density at radius 3 is 2.81 bits per heavy atom. The third-order valence-electron chi connectivity index (χ3n) is 2.62. The first-order valence-corrected chi connectivity index (χ1v) is 8.51. The molecule has 21 heavy (non-hydrogen) atoms. The molecule has 0 atom stereocenters. The second kappa shape index (κ2) is 6.14. The summed E-state index contributed by atoms with van der Waals surface area (Å²) in [6.45, 7) is 1.95. The molecule has 112 valence electrons. The van der Waals surface area contributed by atoms with E-state index in [0.717, 1.165) is 28.1 Å². The number of halogens is 1. The summed E-state index contributed by atoms with van der Waals surface area (Å²) in [5.74, 6) is -0.653. The lowest BCUT2D eigenvalue weighted by molar-refractivity contribution is 0.580. The van der Waals surface area contributed by atoms with Gasteiger partial charge in [-0.2, -0.15) is 0 Å². The van der Waals surface area contributed by atoms with Gasteiger partial charge in [-0.15, -0.1) is 11.3 Å². The highest BCUT2D eigenvalue weighted by atomic mass is 32.2. The van der Waals surface area contributed by atoms with Gasteiger partial charge in [-0.1, -0.05) is 12.2 Å². The zero-order valence-electron chi connectivity index (χ0n) is 11.0. The van der Waals surface area contributed by atoms with E-state index in [1.54, 1.807) is 6.20 Å². The molecule has 5 nitrogen and oxygen atoms in total. The Kier molecular flexibility index (Phi) is 4.67. The van der Waals surface area contributed by atoms with Crippen LogP contribution in [0.1, 0.15) is 15.4 Å². The average molecular weight is 345 g/mol. The van der Waals surface area contributed by atoms with Crippen molar-refractivity contribution in [1.29, 1.82) is 0 Å². The van der Waals surface area contributed by atoms with Gasteiger partial charge in [-0.25, -0.2) is 22.5 Å².